The number of hydrogen-bond acceptors (Lipinski definition) is 4. The Kier molecular flexibility index (Phi) is 4.88. The van der Waals surface area contributed by atoms with Crippen molar-refractivity contribution in [3.8, 4) is 0 Å². The van der Waals surface area contributed by atoms with Crippen molar-refractivity contribution in [2.75, 3.05) is 24.7 Å². The normalized spacial score (nSPS) is 18.1. The van der Waals surface area contributed by atoms with Crippen LogP contribution in [0.4, 0.5) is 5.69 Å². The Hall–Kier alpha value is -1.27. The van der Waals surface area contributed by atoms with E-state index in [9.17, 15) is 4.79 Å². The zero-order valence-corrected chi connectivity index (χ0v) is 13.3. The van der Waals surface area contributed by atoms with E-state index in [1.165, 1.54) is 0 Å². The van der Waals surface area contributed by atoms with Gasteiger partial charge in [0, 0.05) is 29.7 Å². The summed E-state index contributed by atoms with van der Waals surface area (Å²) in [5, 5.41) is 2.73. The molecule has 0 bridgehead atoms. The maximum absolute atomic E-state index is 12.0. The molecule has 1 aliphatic heterocycles. The fourth-order valence-corrected chi connectivity index (χ4v) is 3.58. The second kappa shape index (κ2) is 6.45. The van der Waals surface area contributed by atoms with Crippen LogP contribution in [0.3, 0.4) is 0 Å². The third-order valence-electron chi connectivity index (χ3n) is 3.58. The first kappa shape index (κ1) is 15.1. The second-order valence-electron chi connectivity index (χ2n) is 4.68. The van der Waals surface area contributed by atoms with Crippen LogP contribution in [0.5, 0.6) is 0 Å². The maximum Gasteiger partial charge on any atom is 0.242 e. The summed E-state index contributed by atoms with van der Waals surface area (Å²) in [5.41, 5.74) is 7.75. The van der Waals surface area contributed by atoms with Gasteiger partial charge in [-0.25, -0.2) is 0 Å². The fraction of sp³-hybridized carbons (Fsp3) is 0.429. The van der Waals surface area contributed by atoms with Crippen molar-refractivity contribution >= 4 is 40.6 Å². The first-order valence-electron chi connectivity index (χ1n) is 6.55. The third-order valence-corrected chi connectivity index (χ3v) is 4.57. The van der Waals surface area contributed by atoms with Crippen LogP contribution >= 0.6 is 24.0 Å². The van der Waals surface area contributed by atoms with E-state index < -0.39 is 0 Å². The fourth-order valence-electron chi connectivity index (χ4n) is 2.67. The highest BCUT2D eigenvalue weighted by Crippen LogP contribution is 2.33. The topological polar surface area (TPSA) is 58.4 Å². The summed E-state index contributed by atoms with van der Waals surface area (Å²) in [6, 6.07) is 5.86. The first-order chi connectivity index (χ1) is 9.60. The molecule has 3 N–H and O–H groups in total. The van der Waals surface area contributed by atoms with E-state index >= 15 is 0 Å². The zero-order chi connectivity index (χ0) is 14.7. The summed E-state index contributed by atoms with van der Waals surface area (Å²) >= 11 is 6.83. The number of rotatable bonds is 4. The van der Waals surface area contributed by atoms with Crippen molar-refractivity contribution in [3.63, 3.8) is 0 Å². The van der Waals surface area contributed by atoms with Crippen LogP contribution in [0.1, 0.15) is 18.4 Å². The molecule has 1 saturated heterocycles. The van der Waals surface area contributed by atoms with Gasteiger partial charge in [-0.15, -0.1) is 11.8 Å². The van der Waals surface area contributed by atoms with Crippen LogP contribution in [-0.4, -0.2) is 36.8 Å². The van der Waals surface area contributed by atoms with Crippen molar-refractivity contribution in [1.29, 1.82) is 0 Å². The number of likely N-dealkylation sites (N-methyl/N-ethyl adjacent to an activating group) is 1. The van der Waals surface area contributed by atoms with Crippen LogP contribution < -0.4 is 16.0 Å². The molecule has 1 aromatic carbocycles. The molecule has 0 aromatic heterocycles. The maximum atomic E-state index is 12.0. The molecular weight excluding hydrogens is 290 g/mol. The zero-order valence-electron chi connectivity index (χ0n) is 11.7. The van der Waals surface area contributed by atoms with Crippen LogP contribution in [-0.2, 0) is 4.79 Å². The van der Waals surface area contributed by atoms with Crippen LogP contribution in [0.15, 0.2) is 23.1 Å². The van der Waals surface area contributed by atoms with E-state index in [1.54, 1.807) is 18.8 Å². The molecule has 0 saturated carbocycles. The molecule has 1 atom stereocenters. The van der Waals surface area contributed by atoms with Gasteiger partial charge in [0.15, 0.2) is 0 Å². The molecule has 0 aliphatic carbocycles. The summed E-state index contributed by atoms with van der Waals surface area (Å²) in [4.78, 5) is 15.6. The number of hydrogen-bond donors (Lipinski definition) is 2. The van der Waals surface area contributed by atoms with Gasteiger partial charge in [-0.1, -0.05) is 18.3 Å². The molecular formula is C14H19N3OS2. The Morgan fingerprint density at radius 1 is 1.55 bits per heavy atom. The summed E-state index contributed by atoms with van der Waals surface area (Å²) in [7, 11) is 1.67. The summed E-state index contributed by atoms with van der Waals surface area (Å²) in [6.45, 7) is 0.853. The van der Waals surface area contributed by atoms with Crippen molar-refractivity contribution in [2.24, 2.45) is 5.73 Å². The molecule has 6 heteroatoms. The van der Waals surface area contributed by atoms with Crippen molar-refractivity contribution < 1.29 is 4.79 Å². The smallest absolute Gasteiger partial charge is 0.242 e. The van der Waals surface area contributed by atoms with Gasteiger partial charge in [-0.3, -0.25) is 4.79 Å². The highest BCUT2D eigenvalue weighted by atomic mass is 32.2. The molecule has 1 amide bonds. The Labute approximate surface area is 129 Å². The van der Waals surface area contributed by atoms with Gasteiger partial charge in [-0.2, -0.15) is 0 Å². The average Bonchev–Trinajstić information content (AvgIpc) is 2.94. The minimum Gasteiger partial charge on any atom is -0.389 e. The molecule has 1 heterocycles. The largest absolute Gasteiger partial charge is 0.389 e. The summed E-state index contributed by atoms with van der Waals surface area (Å²) < 4.78 is 0. The van der Waals surface area contributed by atoms with Crippen LogP contribution in [0.25, 0.3) is 0 Å². The number of nitrogens with one attached hydrogen (secondary N) is 1. The van der Waals surface area contributed by atoms with E-state index in [0.29, 0.717) is 4.99 Å². The Balaban J connectivity index is 2.46. The predicted molar refractivity (Wildman–Crippen MR) is 88.5 cm³/mol. The van der Waals surface area contributed by atoms with Gasteiger partial charge < -0.3 is 16.0 Å². The number of thiocarbonyl (C=S) groups is 1. The molecule has 1 unspecified atom stereocenters. The van der Waals surface area contributed by atoms with Crippen LogP contribution in [0, 0.1) is 0 Å². The first-order valence-corrected chi connectivity index (χ1v) is 8.18. The van der Waals surface area contributed by atoms with Gasteiger partial charge in [0.25, 0.3) is 0 Å². The number of thioether (sulfide) groups is 1. The molecule has 2 rings (SSSR count). The SMILES string of the molecule is CNC(=O)C1CCCN1c1cccc(SC)c1C(N)=S. The van der Waals surface area contributed by atoms with Crippen molar-refractivity contribution in [3.05, 3.63) is 23.8 Å². The third kappa shape index (κ3) is 2.76. The predicted octanol–water partition coefficient (Wildman–Crippen LogP) is 1.76. The lowest BCUT2D eigenvalue weighted by atomic mass is 10.1. The second-order valence-corrected chi connectivity index (χ2v) is 5.97. The molecule has 4 nitrogen and oxygen atoms in total. The number of nitrogens with zero attached hydrogens (tertiary/aromatic N) is 1. The number of carbonyl (C=O) groups excluding carboxylic acids is 1. The number of nitrogens with two attached hydrogens (primary N) is 1. The number of benzene rings is 1. The molecule has 0 spiro atoms. The lowest BCUT2D eigenvalue weighted by Gasteiger charge is -2.28. The Bertz CT molecular complexity index is 533. The minimum atomic E-state index is -0.134. The lowest BCUT2D eigenvalue weighted by molar-refractivity contribution is -0.121. The Morgan fingerprint density at radius 3 is 2.90 bits per heavy atom. The van der Waals surface area contributed by atoms with Gasteiger partial charge in [0.1, 0.15) is 11.0 Å². The van der Waals surface area contributed by atoms with Gasteiger partial charge in [0.05, 0.1) is 0 Å². The highest BCUT2D eigenvalue weighted by molar-refractivity contribution is 7.98. The van der Waals surface area contributed by atoms with E-state index in [4.69, 9.17) is 18.0 Å². The molecule has 20 heavy (non-hydrogen) atoms. The summed E-state index contributed by atoms with van der Waals surface area (Å²) in [6.07, 6.45) is 3.86. The van der Waals surface area contributed by atoms with Gasteiger partial charge >= 0.3 is 0 Å². The molecule has 0 radical (unpaired) electrons. The van der Waals surface area contributed by atoms with E-state index in [0.717, 1.165) is 35.5 Å². The van der Waals surface area contributed by atoms with E-state index in [2.05, 4.69) is 10.2 Å². The van der Waals surface area contributed by atoms with Gasteiger partial charge in [0.2, 0.25) is 5.91 Å². The molecule has 1 fully saturated rings. The number of amides is 1. The molecule has 1 aliphatic rings. The highest BCUT2D eigenvalue weighted by Gasteiger charge is 2.32. The number of carbonyl (C=O) groups is 1. The van der Waals surface area contributed by atoms with E-state index in [1.807, 2.05) is 24.5 Å². The average molecular weight is 309 g/mol. The standard InChI is InChI=1S/C14H19N3OS2/c1-16-14(18)10-6-4-8-17(10)9-5-3-7-11(20-2)12(9)13(15)19/h3,5,7,10H,4,6,8H2,1-2H3,(H2,15,19)(H,16,18). The number of anilines is 1. The van der Waals surface area contributed by atoms with Crippen molar-refractivity contribution in [2.45, 2.75) is 23.8 Å². The Morgan fingerprint density at radius 2 is 2.30 bits per heavy atom. The van der Waals surface area contributed by atoms with Crippen molar-refractivity contribution in [1.82, 2.24) is 5.32 Å². The molecule has 108 valence electrons. The quantitative estimate of drug-likeness (QED) is 0.655. The van der Waals surface area contributed by atoms with Gasteiger partial charge in [-0.05, 0) is 31.2 Å². The minimum absolute atomic E-state index is 0.0472. The monoisotopic (exact) mass is 309 g/mol. The molecule has 1 aromatic rings. The summed E-state index contributed by atoms with van der Waals surface area (Å²) in [5.74, 6) is 0.0472. The lowest BCUT2D eigenvalue weighted by Crippen LogP contribution is -2.42. The van der Waals surface area contributed by atoms with Crippen LogP contribution in [0.2, 0.25) is 0 Å². The van der Waals surface area contributed by atoms with E-state index in [-0.39, 0.29) is 11.9 Å².